The van der Waals surface area contributed by atoms with E-state index in [4.69, 9.17) is 11.6 Å². The molecule has 0 aliphatic rings. The summed E-state index contributed by atoms with van der Waals surface area (Å²) in [6, 6.07) is 17.5. The molecule has 1 amide bonds. The van der Waals surface area contributed by atoms with Crippen LogP contribution in [-0.4, -0.2) is 17.4 Å². The number of amides is 1. The van der Waals surface area contributed by atoms with Gasteiger partial charge in [-0.3, -0.25) is 9.78 Å². The highest BCUT2D eigenvalue weighted by atomic mass is 35.5. The summed E-state index contributed by atoms with van der Waals surface area (Å²) in [6.07, 6.45) is 0. The number of carbonyl (C=O) groups excluding carboxylic acids is 1. The fourth-order valence-corrected chi connectivity index (χ4v) is 2.99. The van der Waals surface area contributed by atoms with E-state index in [0.717, 1.165) is 16.6 Å². The van der Waals surface area contributed by atoms with Gasteiger partial charge in [0.2, 0.25) is 0 Å². The molecule has 1 atom stereocenters. The Morgan fingerprint density at radius 3 is 2.56 bits per heavy atom. The van der Waals surface area contributed by atoms with Gasteiger partial charge < -0.3 is 5.32 Å². The molecule has 25 heavy (non-hydrogen) atoms. The number of nitrogens with one attached hydrogen (secondary N) is 1. The van der Waals surface area contributed by atoms with E-state index in [0.29, 0.717) is 17.1 Å². The number of aryl methyl sites for hydroxylation is 1. The number of halogens is 2. The number of carbonyl (C=O) groups is 1. The van der Waals surface area contributed by atoms with Crippen molar-refractivity contribution in [3.8, 4) is 0 Å². The number of pyridine rings is 1. The standard InChI is InChI=1S/C20H19ClN2O.ClH/c1-13(15-6-4-3-5-7-15)12-22-20(24)19-16-9-8-14(2)23-18(16)11-10-17(19)21;/h3-11,13H,12H2,1-2H3,(H,22,24);1H/t13-;/m0./s1. The highest BCUT2D eigenvalue weighted by Crippen LogP contribution is 2.25. The number of aromatic nitrogens is 1. The van der Waals surface area contributed by atoms with Crippen LogP contribution in [0.25, 0.3) is 10.9 Å². The Bertz CT molecular complexity index is 882. The number of hydrogen-bond donors (Lipinski definition) is 1. The zero-order valence-electron chi connectivity index (χ0n) is 14.1. The molecule has 3 nitrogen and oxygen atoms in total. The second kappa shape index (κ2) is 8.32. The van der Waals surface area contributed by atoms with Crippen molar-refractivity contribution in [1.82, 2.24) is 10.3 Å². The van der Waals surface area contributed by atoms with Gasteiger partial charge >= 0.3 is 0 Å². The number of fused-ring (bicyclic) bond motifs is 1. The second-order valence-electron chi connectivity index (χ2n) is 5.96. The summed E-state index contributed by atoms with van der Waals surface area (Å²) in [6.45, 7) is 4.56. The van der Waals surface area contributed by atoms with Crippen LogP contribution in [0.5, 0.6) is 0 Å². The zero-order valence-corrected chi connectivity index (χ0v) is 15.7. The van der Waals surface area contributed by atoms with Crippen LogP contribution in [0.3, 0.4) is 0 Å². The van der Waals surface area contributed by atoms with Gasteiger partial charge in [-0.2, -0.15) is 0 Å². The topological polar surface area (TPSA) is 42.0 Å². The van der Waals surface area contributed by atoms with Crippen molar-refractivity contribution >= 4 is 40.8 Å². The molecule has 0 spiro atoms. The van der Waals surface area contributed by atoms with Gasteiger partial charge in [0.1, 0.15) is 0 Å². The van der Waals surface area contributed by atoms with E-state index >= 15 is 0 Å². The minimum atomic E-state index is -0.168. The molecule has 0 fully saturated rings. The van der Waals surface area contributed by atoms with Gasteiger partial charge in [-0.25, -0.2) is 0 Å². The molecule has 0 saturated heterocycles. The molecule has 3 aromatic rings. The predicted molar refractivity (Wildman–Crippen MR) is 106 cm³/mol. The first-order valence-electron chi connectivity index (χ1n) is 7.95. The van der Waals surface area contributed by atoms with Gasteiger partial charge in [0.05, 0.1) is 16.1 Å². The average Bonchev–Trinajstić information content (AvgIpc) is 2.60. The third-order valence-corrected chi connectivity index (χ3v) is 4.44. The number of rotatable bonds is 4. The van der Waals surface area contributed by atoms with Crippen molar-refractivity contribution < 1.29 is 4.79 Å². The Labute approximate surface area is 158 Å². The van der Waals surface area contributed by atoms with Crippen LogP contribution in [0.1, 0.15) is 34.5 Å². The van der Waals surface area contributed by atoms with Crippen molar-refractivity contribution in [1.29, 1.82) is 0 Å². The Balaban J connectivity index is 0.00000225. The molecule has 0 saturated carbocycles. The molecule has 2 aromatic carbocycles. The predicted octanol–water partition coefficient (Wildman–Crippen LogP) is 5.15. The van der Waals surface area contributed by atoms with Crippen LogP contribution < -0.4 is 5.32 Å². The largest absolute Gasteiger partial charge is 0.351 e. The van der Waals surface area contributed by atoms with Crippen molar-refractivity contribution in [2.24, 2.45) is 0 Å². The molecule has 0 aliphatic heterocycles. The third-order valence-electron chi connectivity index (χ3n) is 4.12. The Hall–Kier alpha value is -2.10. The molecule has 130 valence electrons. The van der Waals surface area contributed by atoms with E-state index in [1.54, 1.807) is 6.07 Å². The maximum atomic E-state index is 12.7. The van der Waals surface area contributed by atoms with E-state index in [1.807, 2.05) is 43.3 Å². The molecule has 1 aromatic heterocycles. The molecule has 1 N–H and O–H groups in total. The van der Waals surface area contributed by atoms with Crippen molar-refractivity contribution in [3.05, 3.63) is 76.4 Å². The zero-order chi connectivity index (χ0) is 17.1. The molecule has 0 unspecified atom stereocenters. The van der Waals surface area contributed by atoms with Crippen LogP contribution in [-0.2, 0) is 0 Å². The Morgan fingerprint density at radius 1 is 1.12 bits per heavy atom. The Morgan fingerprint density at radius 2 is 1.84 bits per heavy atom. The summed E-state index contributed by atoms with van der Waals surface area (Å²) in [4.78, 5) is 17.1. The smallest absolute Gasteiger partial charge is 0.253 e. The summed E-state index contributed by atoms with van der Waals surface area (Å²) < 4.78 is 0. The fraction of sp³-hybridized carbons (Fsp3) is 0.200. The van der Waals surface area contributed by atoms with E-state index in [9.17, 15) is 4.79 Å². The number of hydrogen-bond acceptors (Lipinski definition) is 2. The van der Waals surface area contributed by atoms with Crippen LogP contribution in [0.15, 0.2) is 54.6 Å². The van der Waals surface area contributed by atoms with Gasteiger partial charge in [-0.15, -0.1) is 12.4 Å². The van der Waals surface area contributed by atoms with E-state index < -0.39 is 0 Å². The third kappa shape index (κ3) is 4.30. The van der Waals surface area contributed by atoms with Crippen LogP contribution in [0.2, 0.25) is 5.02 Å². The lowest BCUT2D eigenvalue weighted by molar-refractivity contribution is 0.0953. The summed E-state index contributed by atoms with van der Waals surface area (Å²) in [7, 11) is 0. The first-order chi connectivity index (χ1) is 11.6. The van der Waals surface area contributed by atoms with E-state index in [-0.39, 0.29) is 24.2 Å². The maximum Gasteiger partial charge on any atom is 0.253 e. The van der Waals surface area contributed by atoms with Crippen molar-refractivity contribution in [2.45, 2.75) is 19.8 Å². The van der Waals surface area contributed by atoms with Gasteiger partial charge in [0.25, 0.3) is 5.91 Å². The second-order valence-corrected chi connectivity index (χ2v) is 6.37. The van der Waals surface area contributed by atoms with Gasteiger partial charge in [-0.05, 0) is 36.6 Å². The lowest BCUT2D eigenvalue weighted by atomic mass is 10.0. The van der Waals surface area contributed by atoms with Crippen molar-refractivity contribution in [3.63, 3.8) is 0 Å². The normalized spacial score (nSPS) is 11.6. The SMILES string of the molecule is Cc1ccc2c(C(=O)NC[C@H](C)c3ccccc3)c(Cl)ccc2n1.Cl. The quantitative estimate of drug-likeness (QED) is 0.685. The van der Waals surface area contributed by atoms with Crippen LogP contribution in [0, 0.1) is 6.92 Å². The summed E-state index contributed by atoms with van der Waals surface area (Å²) in [5.41, 5.74) is 3.37. The van der Waals surface area contributed by atoms with Crippen molar-refractivity contribution in [2.75, 3.05) is 6.54 Å². The van der Waals surface area contributed by atoms with Gasteiger partial charge in [0, 0.05) is 17.6 Å². The maximum absolute atomic E-state index is 12.7. The molecule has 1 heterocycles. The molecule has 0 bridgehead atoms. The Kier molecular flexibility index (Phi) is 6.40. The molecule has 3 rings (SSSR count). The number of benzene rings is 2. The molecule has 0 aliphatic carbocycles. The van der Waals surface area contributed by atoms with Gasteiger partial charge in [-0.1, -0.05) is 54.9 Å². The van der Waals surface area contributed by atoms with Crippen LogP contribution >= 0.6 is 24.0 Å². The van der Waals surface area contributed by atoms with E-state index in [2.05, 4.69) is 29.4 Å². The molecular formula is C20H20Cl2N2O. The first-order valence-corrected chi connectivity index (χ1v) is 8.33. The summed E-state index contributed by atoms with van der Waals surface area (Å²) in [5, 5.41) is 4.21. The fourth-order valence-electron chi connectivity index (χ4n) is 2.74. The summed E-state index contributed by atoms with van der Waals surface area (Å²) >= 11 is 6.28. The highest BCUT2D eigenvalue weighted by Gasteiger charge is 2.16. The van der Waals surface area contributed by atoms with E-state index in [1.165, 1.54) is 5.56 Å². The van der Waals surface area contributed by atoms with Crippen LogP contribution in [0.4, 0.5) is 0 Å². The minimum absolute atomic E-state index is 0. The van der Waals surface area contributed by atoms with Gasteiger partial charge in [0.15, 0.2) is 0 Å². The monoisotopic (exact) mass is 374 g/mol. The first kappa shape index (κ1) is 19.2. The highest BCUT2D eigenvalue weighted by molar-refractivity contribution is 6.35. The lowest BCUT2D eigenvalue weighted by Crippen LogP contribution is -2.28. The molecule has 0 radical (unpaired) electrons. The molecular weight excluding hydrogens is 355 g/mol. The molecule has 5 heteroatoms. The lowest BCUT2D eigenvalue weighted by Gasteiger charge is -2.14. The number of nitrogens with zero attached hydrogens (tertiary/aromatic N) is 1. The summed E-state index contributed by atoms with van der Waals surface area (Å²) in [5.74, 6) is 0.0586. The minimum Gasteiger partial charge on any atom is -0.351 e. The average molecular weight is 375 g/mol.